The van der Waals surface area contributed by atoms with Crippen LogP contribution >= 0.6 is 0 Å². The first kappa shape index (κ1) is 10.7. The van der Waals surface area contributed by atoms with Gasteiger partial charge < -0.3 is 15.1 Å². The number of nitrogens with two attached hydrogens (primary N) is 1. The zero-order valence-electron chi connectivity index (χ0n) is 10.3. The molecule has 0 bridgehead atoms. The van der Waals surface area contributed by atoms with Crippen LogP contribution in [-0.2, 0) is 7.05 Å². The summed E-state index contributed by atoms with van der Waals surface area (Å²) < 4.78 is 3.48. The smallest absolute Gasteiger partial charge is 0.327 e. The first-order valence-electron chi connectivity index (χ1n) is 5.71. The van der Waals surface area contributed by atoms with Crippen LogP contribution in [0.4, 0.5) is 5.82 Å². The molecule has 0 aromatic carbocycles. The van der Waals surface area contributed by atoms with Crippen molar-refractivity contribution < 1.29 is 0 Å². The second-order valence-electron chi connectivity index (χ2n) is 4.40. The zero-order valence-corrected chi connectivity index (χ0v) is 10.3. The van der Waals surface area contributed by atoms with Gasteiger partial charge in [-0.1, -0.05) is 6.07 Å². The molecule has 5 nitrogen and oxygen atoms in total. The maximum atomic E-state index is 11.6. The average Bonchev–Trinajstić information content (AvgIpc) is 2.88. The summed E-state index contributed by atoms with van der Waals surface area (Å²) in [6, 6.07) is 10.0. The number of nitrogen functional groups attached to an aromatic ring is 1. The molecule has 5 heteroatoms. The molecule has 0 saturated carbocycles. The molecule has 3 rings (SSSR count). The van der Waals surface area contributed by atoms with Crippen LogP contribution in [0.25, 0.3) is 16.9 Å². The van der Waals surface area contributed by atoms with Gasteiger partial charge in [0.25, 0.3) is 0 Å². The Labute approximate surface area is 103 Å². The molecule has 0 aliphatic carbocycles. The summed E-state index contributed by atoms with van der Waals surface area (Å²) in [6.45, 7) is 2.02. The first-order valence-corrected chi connectivity index (χ1v) is 5.71. The van der Waals surface area contributed by atoms with Gasteiger partial charge >= 0.3 is 5.69 Å². The predicted octanol–water partition coefficient (Wildman–Crippen LogP) is 1.52. The van der Waals surface area contributed by atoms with Crippen LogP contribution in [0.1, 0.15) is 5.69 Å². The lowest BCUT2D eigenvalue weighted by Crippen LogP contribution is -2.13. The molecule has 0 atom stereocenters. The van der Waals surface area contributed by atoms with E-state index in [0.29, 0.717) is 11.5 Å². The number of pyridine rings is 1. The number of hydrogen-bond donors (Lipinski definition) is 2. The van der Waals surface area contributed by atoms with E-state index in [1.807, 2.05) is 37.3 Å². The van der Waals surface area contributed by atoms with Crippen LogP contribution in [0.15, 0.2) is 35.1 Å². The van der Waals surface area contributed by atoms with E-state index in [9.17, 15) is 4.79 Å². The van der Waals surface area contributed by atoms with E-state index in [2.05, 4.69) is 9.38 Å². The van der Waals surface area contributed by atoms with Crippen LogP contribution in [0.5, 0.6) is 0 Å². The Morgan fingerprint density at radius 3 is 2.67 bits per heavy atom. The van der Waals surface area contributed by atoms with E-state index in [0.717, 1.165) is 16.9 Å². The third-order valence-corrected chi connectivity index (χ3v) is 3.28. The number of aromatic amines is 1. The number of aromatic nitrogens is 3. The molecule has 18 heavy (non-hydrogen) atoms. The van der Waals surface area contributed by atoms with Crippen LogP contribution in [0.3, 0.4) is 0 Å². The Morgan fingerprint density at radius 1 is 1.22 bits per heavy atom. The van der Waals surface area contributed by atoms with Gasteiger partial charge in [0, 0.05) is 18.3 Å². The minimum absolute atomic E-state index is 0.203. The maximum absolute atomic E-state index is 11.6. The van der Waals surface area contributed by atoms with Crippen molar-refractivity contribution in [2.45, 2.75) is 6.92 Å². The molecule has 3 N–H and O–H groups in total. The number of anilines is 1. The molecule has 3 aromatic heterocycles. The summed E-state index contributed by atoms with van der Waals surface area (Å²) in [7, 11) is 1.65. The Bertz CT molecular complexity index is 791. The molecule has 0 spiro atoms. The van der Waals surface area contributed by atoms with E-state index in [4.69, 9.17) is 5.73 Å². The Balaban J connectivity index is 2.39. The highest BCUT2D eigenvalue weighted by Crippen LogP contribution is 2.25. The SMILES string of the molecule is Cc1cccc2ccc(-c3[nH]c(=O)n(C)c3N)n12. The summed E-state index contributed by atoms with van der Waals surface area (Å²) in [5, 5.41) is 0. The molecule has 0 aliphatic heterocycles. The summed E-state index contributed by atoms with van der Waals surface area (Å²) in [5.41, 5.74) is 9.49. The molecule has 0 aliphatic rings. The third kappa shape index (κ3) is 1.30. The van der Waals surface area contributed by atoms with Crippen molar-refractivity contribution in [2.24, 2.45) is 7.05 Å². The summed E-state index contributed by atoms with van der Waals surface area (Å²) in [5.74, 6) is 0.447. The molecule has 0 radical (unpaired) electrons. The summed E-state index contributed by atoms with van der Waals surface area (Å²) in [6.07, 6.45) is 0. The second-order valence-corrected chi connectivity index (χ2v) is 4.40. The molecule has 92 valence electrons. The minimum atomic E-state index is -0.203. The monoisotopic (exact) mass is 242 g/mol. The van der Waals surface area contributed by atoms with Crippen LogP contribution < -0.4 is 11.4 Å². The van der Waals surface area contributed by atoms with Crippen molar-refractivity contribution in [3.8, 4) is 11.4 Å². The van der Waals surface area contributed by atoms with Crippen molar-refractivity contribution in [3.05, 3.63) is 46.5 Å². The molecule has 0 fully saturated rings. The number of nitrogens with one attached hydrogen (secondary N) is 1. The van der Waals surface area contributed by atoms with Gasteiger partial charge in [-0.3, -0.25) is 4.57 Å². The number of imidazole rings is 1. The largest absolute Gasteiger partial charge is 0.383 e. The van der Waals surface area contributed by atoms with Crippen LogP contribution in [0, 0.1) is 6.92 Å². The molecular weight excluding hydrogens is 228 g/mol. The quantitative estimate of drug-likeness (QED) is 0.679. The summed E-state index contributed by atoms with van der Waals surface area (Å²) >= 11 is 0. The number of nitrogens with zero attached hydrogens (tertiary/aromatic N) is 2. The fourth-order valence-corrected chi connectivity index (χ4v) is 2.26. The molecule has 0 amide bonds. The van der Waals surface area contributed by atoms with Gasteiger partial charge in [0.1, 0.15) is 11.5 Å². The Hall–Kier alpha value is -2.43. The van der Waals surface area contributed by atoms with Gasteiger partial charge in [-0.2, -0.15) is 0 Å². The van der Waals surface area contributed by atoms with Gasteiger partial charge in [0.05, 0.1) is 5.69 Å². The lowest BCUT2D eigenvalue weighted by Gasteiger charge is -2.06. The lowest BCUT2D eigenvalue weighted by molar-refractivity contribution is 0.873. The van der Waals surface area contributed by atoms with E-state index in [1.54, 1.807) is 7.05 Å². The number of fused-ring (bicyclic) bond motifs is 1. The van der Waals surface area contributed by atoms with E-state index < -0.39 is 0 Å². The normalized spacial score (nSPS) is 11.2. The standard InChI is InChI=1S/C13H14N4O/c1-8-4-3-5-9-6-7-10(17(8)9)11-12(14)16(2)13(18)15-11/h3-7H,14H2,1-2H3,(H,15,18). The zero-order chi connectivity index (χ0) is 12.9. The van der Waals surface area contributed by atoms with Gasteiger partial charge in [-0.25, -0.2) is 4.79 Å². The van der Waals surface area contributed by atoms with Crippen molar-refractivity contribution in [2.75, 3.05) is 5.73 Å². The van der Waals surface area contributed by atoms with Crippen molar-refractivity contribution >= 4 is 11.3 Å². The van der Waals surface area contributed by atoms with E-state index in [1.165, 1.54) is 4.57 Å². The molecular formula is C13H14N4O. The van der Waals surface area contributed by atoms with Gasteiger partial charge in [0.2, 0.25) is 0 Å². The van der Waals surface area contributed by atoms with Gasteiger partial charge in [-0.05, 0) is 31.2 Å². The highest BCUT2D eigenvalue weighted by atomic mass is 16.1. The highest BCUT2D eigenvalue weighted by molar-refractivity contribution is 5.72. The fraction of sp³-hybridized carbons (Fsp3) is 0.154. The topological polar surface area (TPSA) is 68.2 Å². The average molecular weight is 242 g/mol. The van der Waals surface area contributed by atoms with Gasteiger partial charge in [-0.15, -0.1) is 0 Å². The first-order chi connectivity index (χ1) is 8.59. The van der Waals surface area contributed by atoms with E-state index in [-0.39, 0.29) is 5.69 Å². The molecule has 3 aromatic rings. The predicted molar refractivity (Wildman–Crippen MR) is 71.6 cm³/mol. The van der Waals surface area contributed by atoms with E-state index >= 15 is 0 Å². The van der Waals surface area contributed by atoms with Crippen LogP contribution in [-0.4, -0.2) is 14.0 Å². The number of aryl methyl sites for hydroxylation is 1. The fourth-order valence-electron chi connectivity index (χ4n) is 2.26. The molecule has 0 unspecified atom stereocenters. The number of hydrogen-bond acceptors (Lipinski definition) is 2. The van der Waals surface area contributed by atoms with Crippen molar-refractivity contribution in [1.82, 2.24) is 14.0 Å². The second kappa shape index (κ2) is 3.53. The lowest BCUT2D eigenvalue weighted by atomic mass is 10.3. The van der Waals surface area contributed by atoms with Crippen molar-refractivity contribution in [1.29, 1.82) is 0 Å². The maximum Gasteiger partial charge on any atom is 0.327 e. The molecule has 0 saturated heterocycles. The van der Waals surface area contributed by atoms with Crippen LogP contribution in [0.2, 0.25) is 0 Å². The Morgan fingerprint density at radius 2 is 2.00 bits per heavy atom. The Kier molecular flexibility index (Phi) is 2.10. The minimum Gasteiger partial charge on any atom is -0.383 e. The molecule has 3 heterocycles. The number of rotatable bonds is 1. The highest BCUT2D eigenvalue weighted by Gasteiger charge is 2.14. The summed E-state index contributed by atoms with van der Waals surface area (Å²) in [4.78, 5) is 14.4. The third-order valence-electron chi connectivity index (χ3n) is 3.28. The number of H-pyrrole nitrogens is 1. The van der Waals surface area contributed by atoms with Gasteiger partial charge in [0.15, 0.2) is 0 Å². The van der Waals surface area contributed by atoms with Crippen molar-refractivity contribution in [3.63, 3.8) is 0 Å².